The van der Waals surface area contributed by atoms with E-state index in [0.29, 0.717) is 24.5 Å². The molecular weight excluding hydrogens is 256 g/mol. The number of methoxy groups -OCH3 is 1. The molecule has 6 nitrogen and oxygen atoms in total. The van der Waals surface area contributed by atoms with E-state index >= 15 is 0 Å². The third-order valence-corrected chi connectivity index (χ3v) is 2.40. The van der Waals surface area contributed by atoms with E-state index < -0.39 is 0 Å². The van der Waals surface area contributed by atoms with Gasteiger partial charge in [0.25, 0.3) is 0 Å². The zero-order valence-electron chi connectivity index (χ0n) is 11.8. The summed E-state index contributed by atoms with van der Waals surface area (Å²) in [6.45, 7) is 6.19. The Morgan fingerprint density at radius 1 is 1.40 bits per heavy atom. The van der Waals surface area contributed by atoms with Gasteiger partial charge in [-0.2, -0.15) is 5.10 Å². The normalized spacial score (nSPS) is 10.3. The molecule has 0 heterocycles. The number of rotatable bonds is 7. The molecule has 6 heteroatoms. The molecule has 0 aromatic heterocycles. The molecule has 0 aliphatic heterocycles. The van der Waals surface area contributed by atoms with Gasteiger partial charge in [0, 0.05) is 5.56 Å². The summed E-state index contributed by atoms with van der Waals surface area (Å²) in [5.41, 5.74) is 12.2. The molecule has 0 saturated heterocycles. The fourth-order valence-electron chi connectivity index (χ4n) is 1.72. The topological polar surface area (TPSA) is 95.2 Å². The lowest BCUT2D eigenvalue weighted by Crippen LogP contribution is -2.21. The van der Waals surface area contributed by atoms with Crippen molar-refractivity contribution in [3.8, 4) is 11.5 Å². The van der Waals surface area contributed by atoms with E-state index in [1.165, 1.54) is 0 Å². The van der Waals surface area contributed by atoms with Gasteiger partial charge in [0.1, 0.15) is 0 Å². The lowest BCUT2D eigenvalue weighted by atomic mass is 10.1. The molecule has 108 valence electrons. The van der Waals surface area contributed by atoms with E-state index in [2.05, 4.69) is 16.8 Å². The van der Waals surface area contributed by atoms with Gasteiger partial charge in [-0.15, -0.1) is 11.7 Å². The first kappa shape index (κ1) is 15.6. The maximum Gasteiger partial charge on any atom is 0.211 e. The van der Waals surface area contributed by atoms with Crippen LogP contribution in [0.25, 0.3) is 0 Å². The molecule has 1 rings (SSSR count). The lowest BCUT2D eigenvalue weighted by Gasteiger charge is -2.14. The van der Waals surface area contributed by atoms with Crippen molar-refractivity contribution in [3.63, 3.8) is 0 Å². The van der Waals surface area contributed by atoms with Gasteiger partial charge in [-0.25, -0.2) is 0 Å². The number of guanidine groups is 1. The Labute approximate surface area is 118 Å². The molecule has 20 heavy (non-hydrogen) atoms. The number of hydrogen-bond donors (Lipinski definition) is 2. The van der Waals surface area contributed by atoms with Crippen molar-refractivity contribution in [1.29, 1.82) is 0 Å². The SMILES string of the molecule is C=CCc1cc(C=NN=C(N)N)cc(OCC)c1OC. The van der Waals surface area contributed by atoms with E-state index in [9.17, 15) is 0 Å². The first-order chi connectivity index (χ1) is 9.62. The Kier molecular flexibility index (Phi) is 6.09. The van der Waals surface area contributed by atoms with E-state index in [1.54, 1.807) is 19.4 Å². The van der Waals surface area contributed by atoms with Crippen molar-refractivity contribution in [1.82, 2.24) is 0 Å². The number of nitrogens with two attached hydrogens (primary N) is 2. The average molecular weight is 276 g/mol. The van der Waals surface area contributed by atoms with Gasteiger partial charge in [0.15, 0.2) is 11.5 Å². The van der Waals surface area contributed by atoms with Crippen molar-refractivity contribution in [3.05, 3.63) is 35.9 Å². The summed E-state index contributed by atoms with van der Waals surface area (Å²) in [5, 5.41) is 7.35. The molecular formula is C14H20N4O2. The van der Waals surface area contributed by atoms with Gasteiger partial charge in [-0.3, -0.25) is 0 Å². The zero-order valence-corrected chi connectivity index (χ0v) is 11.8. The first-order valence-electron chi connectivity index (χ1n) is 6.18. The predicted molar refractivity (Wildman–Crippen MR) is 81.5 cm³/mol. The molecule has 0 aliphatic carbocycles. The van der Waals surface area contributed by atoms with Crippen LogP contribution in [0, 0.1) is 0 Å². The van der Waals surface area contributed by atoms with Crippen molar-refractivity contribution in [2.75, 3.05) is 13.7 Å². The van der Waals surface area contributed by atoms with Crippen LogP contribution in [0.3, 0.4) is 0 Å². The van der Waals surface area contributed by atoms with E-state index in [1.807, 2.05) is 19.1 Å². The molecule has 0 atom stereocenters. The molecule has 0 radical (unpaired) electrons. The van der Waals surface area contributed by atoms with Crippen LogP contribution in [0.15, 0.2) is 35.0 Å². The highest BCUT2D eigenvalue weighted by Gasteiger charge is 2.11. The van der Waals surface area contributed by atoms with Crippen LogP contribution < -0.4 is 20.9 Å². The predicted octanol–water partition coefficient (Wildman–Crippen LogP) is 1.43. The van der Waals surface area contributed by atoms with Crippen molar-refractivity contribution < 1.29 is 9.47 Å². The van der Waals surface area contributed by atoms with Crippen LogP contribution in [-0.4, -0.2) is 25.9 Å². The minimum atomic E-state index is -0.0916. The molecule has 0 unspecified atom stereocenters. The highest BCUT2D eigenvalue weighted by Crippen LogP contribution is 2.33. The molecule has 0 fully saturated rings. The number of nitrogens with zero attached hydrogens (tertiary/aromatic N) is 2. The minimum absolute atomic E-state index is 0.0916. The lowest BCUT2D eigenvalue weighted by molar-refractivity contribution is 0.309. The third kappa shape index (κ3) is 4.31. The number of ether oxygens (including phenoxy) is 2. The van der Waals surface area contributed by atoms with Crippen LogP contribution in [0.1, 0.15) is 18.1 Å². The molecule has 0 spiro atoms. The number of hydrogen-bond acceptors (Lipinski definition) is 4. The summed E-state index contributed by atoms with van der Waals surface area (Å²) in [6.07, 6.45) is 4.01. The zero-order chi connectivity index (χ0) is 15.0. The maximum absolute atomic E-state index is 5.58. The van der Waals surface area contributed by atoms with Gasteiger partial charge in [-0.05, 0) is 31.0 Å². The second kappa shape index (κ2) is 7.83. The minimum Gasteiger partial charge on any atom is -0.493 e. The van der Waals surface area contributed by atoms with E-state index in [0.717, 1.165) is 11.1 Å². The smallest absolute Gasteiger partial charge is 0.211 e. The molecule has 1 aromatic carbocycles. The quantitative estimate of drug-likeness (QED) is 0.341. The van der Waals surface area contributed by atoms with Gasteiger partial charge in [-0.1, -0.05) is 6.08 Å². The average Bonchev–Trinajstić information content (AvgIpc) is 2.39. The van der Waals surface area contributed by atoms with E-state index in [4.69, 9.17) is 20.9 Å². The molecule has 4 N–H and O–H groups in total. The van der Waals surface area contributed by atoms with Crippen LogP contribution in [0.4, 0.5) is 0 Å². The van der Waals surface area contributed by atoms with Crippen LogP contribution in [-0.2, 0) is 6.42 Å². The Bertz CT molecular complexity index is 520. The largest absolute Gasteiger partial charge is 0.493 e. The third-order valence-electron chi connectivity index (χ3n) is 2.40. The highest BCUT2D eigenvalue weighted by molar-refractivity contribution is 5.83. The second-order valence-electron chi connectivity index (χ2n) is 3.91. The van der Waals surface area contributed by atoms with Crippen molar-refractivity contribution in [2.24, 2.45) is 21.7 Å². The summed E-state index contributed by atoms with van der Waals surface area (Å²) in [5.74, 6) is 1.26. The Hall–Kier alpha value is -2.50. The fourth-order valence-corrected chi connectivity index (χ4v) is 1.72. The van der Waals surface area contributed by atoms with Crippen molar-refractivity contribution in [2.45, 2.75) is 13.3 Å². The number of allylic oxidation sites excluding steroid dienone is 1. The standard InChI is InChI=1S/C14H20N4O2/c1-4-6-11-7-10(9-17-18-14(15)16)8-12(20-5-2)13(11)19-3/h4,7-9H,1,5-6H2,2-3H3,(H4,15,16,18). The van der Waals surface area contributed by atoms with E-state index in [-0.39, 0.29) is 5.96 Å². The number of benzene rings is 1. The molecule has 0 saturated carbocycles. The Balaban J connectivity index is 3.22. The molecule has 1 aromatic rings. The molecule has 0 aliphatic rings. The van der Waals surface area contributed by atoms with Gasteiger partial charge in [0.05, 0.1) is 19.9 Å². The van der Waals surface area contributed by atoms with Gasteiger partial charge in [0.2, 0.25) is 5.96 Å². The monoisotopic (exact) mass is 276 g/mol. The Morgan fingerprint density at radius 3 is 2.70 bits per heavy atom. The summed E-state index contributed by atoms with van der Waals surface area (Å²) in [6, 6.07) is 3.75. The first-order valence-corrected chi connectivity index (χ1v) is 6.18. The van der Waals surface area contributed by atoms with Crippen molar-refractivity contribution >= 4 is 12.2 Å². The summed E-state index contributed by atoms with van der Waals surface area (Å²) < 4.78 is 11.0. The second-order valence-corrected chi connectivity index (χ2v) is 3.91. The maximum atomic E-state index is 5.58. The highest BCUT2D eigenvalue weighted by atomic mass is 16.5. The van der Waals surface area contributed by atoms with Gasteiger partial charge >= 0.3 is 0 Å². The molecule has 0 bridgehead atoms. The summed E-state index contributed by atoms with van der Waals surface area (Å²) >= 11 is 0. The van der Waals surface area contributed by atoms with Crippen LogP contribution >= 0.6 is 0 Å². The van der Waals surface area contributed by atoms with Crippen LogP contribution in [0.5, 0.6) is 11.5 Å². The Morgan fingerprint density at radius 2 is 2.15 bits per heavy atom. The van der Waals surface area contributed by atoms with Crippen LogP contribution in [0.2, 0.25) is 0 Å². The molecule has 0 amide bonds. The summed E-state index contributed by atoms with van der Waals surface area (Å²) in [7, 11) is 1.61. The fraction of sp³-hybridized carbons (Fsp3) is 0.286. The van der Waals surface area contributed by atoms with Gasteiger partial charge < -0.3 is 20.9 Å². The summed E-state index contributed by atoms with van der Waals surface area (Å²) in [4.78, 5) is 0.